The summed E-state index contributed by atoms with van der Waals surface area (Å²) in [6.45, 7) is 2.20. The summed E-state index contributed by atoms with van der Waals surface area (Å²) in [7, 11) is 0. The summed E-state index contributed by atoms with van der Waals surface area (Å²) in [4.78, 5) is 42.6. The lowest BCUT2D eigenvalue weighted by Gasteiger charge is -2.21. The van der Waals surface area contributed by atoms with Gasteiger partial charge in [0.2, 0.25) is 5.91 Å². The number of primary amides is 1. The number of benzene rings is 1. The second-order valence-corrected chi connectivity index (χ2v) is 6.53. The van der Waals surface area contributed by atoms with Crippen LogP contribution in [0.1, 0.15) is 31.7 Å². The average Bonchev–Trinajstić information content (AvgIpc) is 3.18. The van der Waals surface area contributed by atoms with Crippen LogP contribution in [0.4, 0.5) is 4.79 Å². The molecule has 138 valence electrons. The van der Waals surface area contributed by atoms with E-state index in [-0.39, 0.29) is 25.5 Å². The molecular formula is C18H22N4O4. The van der Waals surface area contributed by atoms with E-state index in [9.17, 15) is 14.4 Å². The van der Waals surface area contributed by atoms with Crippen LogP contribution in [0.2, 0.25) is 0 Å². The number of nitrogens with zero attached hydrogens (tertiary/aromatic N) is 2. The molecule has 2 aliphatic rings. The van der Waals surface area contributed by atoms with Crippen LogP contribution >= 0.6 is 0 Å². The van der Waals surface area contributed by atoms with E-state index in [0.717, 1.165) is 18.4 Å². The Morgan fingerprint density at radius 2 is 2.12 bits per heavy atom. The summed E-state index contributed by atoms with van der Waals surface area (Å²) in [5.41, 5.74) is 5.00. The van der Waals surface area contributed by atoms with E-state index < -0.39 is 23.6 Å². The minimum atomic E-state index is -1.21. The van der Waals surface area contributed by atoms with Crippen molar-refractivity contribution in [1.82, 2.24) is 10.2 Å². The number of amides is 3. The van der Waals surface area contributed by atoms with Crippen LogP contribution in [-0.2, 0) is 14.3 Å². The highest BCUT2D eigenvalue weighted by atomic mass is 16.6. The zero-order chi connectivity index (χ0) is 18.7. The Balaban J connectivity index is 1.84. The zero-order valence-electron chi connectivity index (χ0n) is 14.6. The molecule has 0 aliphatic carbocycles. The van der Waals surface area contributed by atoms with Crippen molar-refractivity contribution in [2.45, 2.75) is 37.8 Å². The number of nitrogens with one attached hydrogen (secondary N) is 1. The number of ether oxygens (including phenoxy) is 1. The van der Waals surface area contributed by atoms with Crippen molar-refractivity contribution < 1.29 is 19.1 Å². The number of rotatable bonds is 5. The first-order chi connectivity index (χ1) is 12.5. The van der Waals surface area contributed by atoms with Gasteiger partial charge in [0.1, 0.15) is 11.9 Å². The van der Waals surface area contributed by atoms with Crippen molar-refractivity contribution in [1.29, 1.82) is 0 Å². The maximum absolute atomic E-state index is 12.6. The summed E-state index contributed by atoms with van der Waals surface area (Å²) in [6, 6.07) is 8.28. The molecule has 0 unspecified atom stereocenters. The lowest BCUT2D eigenvalue weighted by atomic mass is 9.96. The Morgan fingerprint density at radius 1 is 1.38 bits per heavy atom. The molecule has 8 nitrogen and oxygen atoms in total. The number of carbonyl (C=O) groups is 3. The minimum Gasteiger partial charge on any atom is -0.449 e. The normalized spacial score (nSPS) is 24.5. The number of likely N-dealkylation sites (tertiary alicyclic amines) is 1. The van der Waals surface area contributed by atoms with Crippen LogP contribution < -0.4 is 11.1 Å². The number of aliphatic imine (C=N–C) groups is 1. The molecular weight excluding hydrogens is 336 g/mol. The predicted molar refractivity (Wildman–Crippen MR) is 94.4 cm³/mol. The molecule has 3 amide bonds. The summed E-state index contributed by atoms with van der Waals surface area (Å²) >= 11 is 0. The van der Waals surface area contributed by atoms with Gasteiger partial charge in [-0.2, -0.15) is 0 Å². The third-order valence-electron chi connectivity index (χ3n) is 4.65. The summed E-state index contributed by atoms with van der Waals surface area (Å²) in [5.74, 6) is -0.586. The van der Waals surface area contributed by atoms with Crippen molar-refractivity contribution in [2.24, 2.45) is 10.7 Å². The second-order valence-electron chi connectivity index (χ2n) is 6.53. The van der Waals surface area contributed by atoms with E-state index in [2.05, 4.69) is 10.3 Å². The molecule has 0 radical (unpaired) electrons. The molecule has 3 N–H and O–H groups in total. The lowest BCUT2D eigenvalue weighted by molar-refractivity contribution is -0.123. The Labute approximate surface area is 151 Å². The maximum Gasteiger partial charge on any atom is 0.410 e. The van der Waals surface area contributed by atoms with E-state index >= 15 is 0 Å². The number of unbranched alkanes of at least 4 members (excludes halogenated alkanes) is 1. The quantitative estimate of drug-likeness (QED) is 0.758. The van der Waals surface area contributed by atoms with Crippen LogP contribution in [0.15, 0.2) is 35.3 Å². The van der Waals surface area contributed by atoms with Gasteiger partial charge in [-0.1, -0.05) is 43.7 Å². The average molecular weight is 358 g/mol. The highest BCUT2D eigenvalue weighted by Crippen LogP contribution is 2.34. The first kappa shape index (κ1) is 17.9. The van der Waals surface area contributed by atoms with Crippen molar-refractivity contribution in [2.75, 3.05) is 13.2 Å². The van der Waals surface area contributed by atoms with Gasteiger partial charge in [-0.05, 0) is 6.42 Å². The SMILES string of the molecule is CCCCOC(=O)N1C[C@@]2(C[C@H]1C(N)=O)N=C(c1ccccc1)NC2=O. The third-order valence-corrected chi connectivity index (χ3v) is 4.65. The number of hydrogen-bond acceptors (Lipinski definition) is 5. The molecule has 1 spiro atoms. The van der Waals surface area contributed by atoms with Gasteiger partial charge in [-0.3, -0.25) is 14.5 Å². The van der Waals surface area contributed by atoms with E-state index in [1.165, 1.54) is 4.90 Å². The topological polar surface area (TPSA) is 114 Å². The molecule has 2 atom stereocenters. The second kappa shape index (κ2) is 7.15. The molecule has 0 saturated carbocycles. The Morgan fingerprint density at radius 3 is 2.77 bits per heavy atom. The van der Waals surface area contributed by atoms with Crippen LogP contribution in [0.3, 0.4) is 0 Å². The molecule has 0 bridgehead atoms. The zero-order valence-corrected chi connectivity index (χ0v) is 14.6. The van der Waals surface area contributed by atoms with Crippen LogP contribution in [0.5, 0.6) is 0 Å². The third kappa shape index (κ3) is 3.26. The largest absolute Gasteiger partial charge is 0.449 e. The lowest BCUT2D eigenvalue weighted by Crippen LogP contribution is -2.45. The van der Waals surface area contributed by atoms with Crippen molar-refractivity contribution in [3.8, 4) is 0 Å². The smallest absolute Gasteiger partial charge is 0.410 e. The fourth-order valence-corrected chi connectivity index (χ4v) is 3.21. The molecule has 1 aromatic rings. The molecule has 2 aliphatic heterocycles. The van der Waals surface area contributed by atoms with Gasteiger partial charge in [0.05, 0.1) is 13.2 Å². The van der Waals surface area contributed by atoms with Crippen LogP contribution in [0, 0.1) is 0 Å². The molecule has 26 heavy (non-hydrogen) atoms. The standard InChI is InChI=1S/C18H22N4O4/c1-2-3-9-26-17(25)22-11-18(10-13(22)14(19)23)16(24)20-15(21-18)12-7-5-4-6-8-12/h4-8,13H,2-3,9-11H2,1H3,(H2,19,23)(H,20,21,24)/t13-,18+/m0/s1. The highest BCUT2D eigenvalue weighted by molar-refractivity contribution is 6.16. The number of nitrogens with two attached hydrogens (primary N) is 1. The molecule has 2 heterocycles. The monoisotopic (exact) mass is 358 g/mol. The van der Waals surface area contributed by atoms with Gasteiger partial charge in [0.25, 0.3) is 5.91 Å². The van der Waals surface area contributed by atoms with Gasteiger partial charge in [0, 0.05) is 12.0 Å². The Kier molecular flexibility index (Phi) is 4.92. The van der Waals surface area contributed by atoms with E-state index in [1.807, 2.05) is 37.3 Å². The van der Waals surface area contributed by atoms with Crippen molar-refractivity contribution in [3.63, 3.8) is 0 Å². The van der Waals surface area contributed by atoms with Gasteiger partial charge < -0.3 is 15.8 Å². The molecule has 8 heteroatoms. The molecule has 3 rings (SSSR count). The molecule has 0 aromatic heterocycles. The molecule has 1 fully saturated rings. The summed E-state index contributed by atoms with van der Waals surface area (Å²) in [6.07, 6.45) is 1.01. The Hall–Kier alpha value is -2.90. The number of amidine groups is 1. The van der Waals surface area contributed by atoms with Gasteiger partial charge in [-0.25, -0.2) is 9.79 Å². The summed E-state index contributed by atoms with van der Waals surface area (Å²) < 4.78 is 5.20. The van der Waals surface area contributed by atoms with Crippen molar-refractivity contribution >= 4 is 23.7 Å². The van der Waals surface area contributed by atoms with Gasteiger partial charge in [0.15, 0.2) is 5.54 Å². The minimum absolute atomic E-state index is 0.0340. The maximum atomic E-state index is 12.6. The highest BCUT2D eigenvalue weighted by Gasteiger charge is 2.56. The van der Waals surface area contributed by atoms with Crippen LogP contribution in [-0.4, -0.2) is 53.4 Å². The predicted octanol–water partition coefficient (Wildman–Crippen LogP) is 0.798. The van der Waals surface area contributed by atoms with Crippen molar-refractivity contribution in [3.05, 3.63) is 35.9 Å². The van der Waals surface area contributed by atoms with E-state index in [1.54, 1.807) is 0 Å². The summed E-state index contributed by atoms with van der Waals surface area (Å²) in [5, 5.41) is 2.75. The van der Waals surface area contributed by atoms with Gasteiger partial charge >= 0.3 is 6.09 Å². The molecule has 1 aromatic carbocycles. The Bertz CT molecular complexity index is 749. The first-order valence-corrected chi connectivity index (χ1v) is 8.66. The fraction of sp³-hybridized carbons (Fsp3) is 0.444. The van der Waals surface area contributed by atoms with Crippen LogP contribution in [0.25, 0.3) is 0 Å². The van der Waals surface area contributed by atoms with E-state index in [4.69, 9.17) is 10.5 Å². The number of carbonyl (C=O) groups excluding carboxylic acids is 3. The first-order valence-electron chi connectivity index (χ1n) is 8.66. The van der Waals surface area contributed by atoms with E-state index in [0.29, 0.717) is 5.84 Å². The fourth-order valence-electron chi connectivity index (χ4n) is 3.21. The van der Waals surface area contributed by atoms with Gasteiger partial charge in [-0.15, -0.1) is 0 Å². The molecule has 1 saturated heterocycles. The number of hydrogen-bond donors (Lipinski definition) is 2.